The van der Waals surface area contributed by atoms with Gasteiger partial charge in [0.05, 0.1) is 18.7 Å². The number of H-pyrrole nitrogens is 1. The number of hydrogen-bond donors (Lipinski definition) is 1. The highest BCUT2D eigenvalue weighted by atomic mass is 19.4. The number of alkyl halides is 3. The molecule has 0 radical (unpaired) electrons. The van der Waals surface area contributed by atoms with Crippen LogP contribution in [0.3, 0.4) is 0 Å². The van der Waals surface area contributed by atoms with E-state index in [0.29, 0.717) is 44.8 Å². The maximum Gasteiger partial charge on any atom is 0.419 e. The van der Waals surface area contributed by atoms with Crippen molar-refractivity contribution >= 4 is 11.7 Å². The Kier molecular flexibility index (Phi) is 5.53. The maximum absolute atomic E-state index is 12.6. The van der Waals surface area contributed by atoms with Crippen LogP contribution in [0.15, 0.2) is 42.6 Å². The third kappa shape index (κ3) is 4.69. The lowest BCUT2D eigenvalue weighted by molar-refractivity contribution is -0.367. The van der Waals surface area contributed by atoms with Crippen molar-refractivity contribution in [3.8, 4) is 5.75 Å². The van der Waals surface area contributed by atoms with Crippen LogP contribution in [0.25, 0.3) is 0 Å². The van der Waals surface area contributed by atoms with Gasteiger partial charge in [0.25, 0.3) is 5.82 Å². The molecular weight excluding hydrogens is 359 g/mol. The average molecular weight is 380 g/mol. The van der Waals surface area contributed by atoms with E-state index in [-0.39, 0.29) is 11.7 Å². The van der Waals surface area contributed by atoms with Gasteiger partial charge < -0.3 is 10.0 Å². The maximum atomic E-state index is 12.6. The molecule has 27 heavy (non-hydrogen) atoms. The zero-order valence-corrected chi connectivity index (χ0v) is 14.7. The summed E-state index contributed by atoms with van der Waals surface area (Å²) >= 11 is 0. The van der Waals surface area contributed by atoms with Gasteiger partial charge in [-0.25, -0.2) is 4.98 Å². The monoisotopic (exact) mass is 380 g/mol. The van der Waals surface area contributed by atoms with E-state index >= 15 is 0 Å². The lowest BCUT2D eigenvalue weighted by Crippen LogP contribution is -2.50. The van der Waals surface area contributed by atoms with Gasteiger partial charge in [-0.05, 0) is 24.1 Å². The molecule has 1 aliphatic heterocycles. The fourth-order valence-electron chi connectivity index (χ4n) is 3.11. The third-order valence-corrected chi connectivity index (χ3v) is 4.70. The summed E-state index contributed by atoms with van der Waals surface area (Å²) in [6, 6.07) is 9.41. The summed E-state index contributed by atoms with van der Waals surface area (Å²) in [6.45, 7) is 2.11. The molecule has 3 rings (SSSR count). The lowest BCUT2D eigenvalue weighted by atomic mass is 10.1. The molecule has 8 heteroatoms. The largest absolute Gasteiger partial charge is 0.508 e. The predicted octanol–water partition coefficient (Wildman–Crippen LogP) is 2.51. The Labute approximate surface area is 155 Å². The molecule has 2 heterocycles. The van der Waals surface area contributed by atoms with Gasteiger partial charge in [0, 0.05) is 12.5 Å². The van der Waals surface area contributed by atoms with Gasteiger partial charge in [0.15, 0.2) is 0 Å². The number of carbonyl (C=O) groups excluding carboxylic acids is 1. The minimum Gasteiger partial charge on any atom is -0.508 e. The highest BCUT2D eigenvalue weighted by molar-refractivity contribution is 5.76. The molecule has 1 aromatic heterocycles. The van der Waals surface area contributed by atoms with E-state index in [4.69, 9.17) is 0 Å². The van der Waals surface area contributed by atoms with Crippen LogP contribution in [0, 0.1) is 0 Å². The first kappa shape index (κ1) is 19.0. The second-order valence-electron chi connectivity index (χ2n) is 6.46. The van der Waals surface area contributed by atoms with Crippen molar-refractivity contribution in [3.05, 3.63) is 53.7 Å². The molecule has 1 aromatic carbocycles. The fraction of sp³-hybridized carbons (Fsp3) is 0.368. The summed E-state index contributed by atoms with van der Waals surface area (Å²) in [5.74, 6) is 0.798. The van der Waals surface area contributed by atoms with E-state index in [9.17, 15) is 23.1 Å². The number of pyridine rings is 1. The van der Waals surface area contributed by atoms with Crippen molar-refractivity contribution < 1.29 is 28.1 Å². The van der Waals surface area contributed by atoms with E-state index in [2.05, 4.69) is 4.98 Å². The van der Waals surface area contributed by atoms with Crippen molar-refractivity contribution in [2.45, 2.75) is 19.0 Å². The lowest BCUT2D eigenvalue weighted by Gasteiger charge is -2.31. The van der Waals surface area contributed by atoms with Crippen LogP contribution < -0.4 is 9.88 Å². The average Bonchev–Trinajstić information content (AvgIpc) is 2.67. The van der Waals surface area contributed by atoms with Gasteiger partial charge in [0.2, 0.25) is 5.91 Å². The number of aromatic hydroxyl groups is 1. The summed E-state index contributed by atoms with van der Waals surface area (Å²) in [5.41, 5.74) is 0.0214. The molecule has 0 atom stereocenters. The molecular formula is C19H21F3N3O2+. The minimum absolute atomic E-state index is 0.00861. The van der Waals surface area contributed by atoms with E-state index in [0.717, 1.165) is 17.8 Å². The van der Waals surface area contributed by atoms with Crippen LogP contribution in [0.1, 0.15) is 17.5 Å². The summed E-state index contributed by atoms with van der Waals surface area (Å²) in [7, 11) is 0. The van der Waals surface area contributed by atoms with E-state index in [1.54, 1.807) is 23.1 Å². The van der Waals surface area contributed by atoms with Crippen molar-refractivity contribution in [1.29, 1.82) is 0 Å². The topological polar surface area (TPSA) is 57.9 Å². The second kappa shape index (κ2) is 7.85. The summed E-state index contributed by atoms with van der Waals surface area (Å²) < 4.78 is 37.9. The van der Waals surface area contributed by atoms with Crippen LogP contribution in [0.4, 0.5) is 19.0 Å². The number of hydrogen-bond acceptors (Lipinski definition) is 3. The molecule has 0 saturated carbocycles. The van der Waals surface area contributed by atoms with E-state index in [1.165, 1.54) is 6.07 Å². The van der Waals surface area contributed by atoms with Crippen LogP contribution in [0.5, 0.6) is 5.75 Å². The van der Waals surface area contributed by atoms with Gasteiger partial charge in [-0.1, -0.05) is 18.2 Å². The summed E-state index contributed by atoms with van der Waals surface area (Å²) in [4.78, 5) is 18.7. The number of amides is 1. The molecule has 2 aromatic rings. The SMILES string of the molecule is O=C(CCc1ccccc1O)N1CCN(c2ccc(C(F)(F)F)c[nH+]2)CC1. The van der Waals surface area contributed by atoms with Gasteiger partial charge >= 0.3 is 6.18 Å². The Hall–Kier alpha value is -2.77. The zero-order valence-electron chi connectivity index (χ0n) is 14.7. The van der Waals surface area contributed by atoms with Crippen molar-refractivity contribution in [2.75, 3.05) is 31.1 Å². The Morgan fingerprint density at radius 2 is 1.78 bits per heavy atom. The Bertz CT molecular complexity index is 786. The van der Waals surface area contributed by atoms with Crippen molar-refractivity contribution in [2.24, 2.45) is 0 Å². The number of nitrogens with zero attached hydrogens (tertiary/aromatic N) is 2. The summed E-state index contributed by atoms with van der Waals surface area (Å²) in [6.07, 6.45) is -2.63. The number of aromatic nitrogens is 1. The molecule has 5 nitrogen and oxygen atoms in total. The number of carbonyl (C=O) groups is 1. The van der Waals surface area contributed by atoms with Gasteiger partial charge in [0.1, 0.15) is 25.0 Å². The smallest absolute Gasteiger partial charge is 0.419 e. The number of piperazine rings is 1. The number of para-hydroxylation sites is 1. The Balaban J connectivity index is 1.51. The zero-order chi connectivity index (χ0) is 19.4. The first-order valence-electron chi connectivity index (χ1n) is 8.73. The summed E-state index contributed by atoms with van der Waals surface area (Å²) in [5, 5.41) is 9.76. The third-order valence-electron chi connectivity index (χ3n) is 4.70. The number of benzene rings is 1. The number of aromatic amines is 1. The predicted molar refractivity (Wildman–Crippen MR) is 93.2 cm³/mol. The number of anilines is 1. The highest BCUT2D eigenvalue weighted by Crippen LogP contribution is 2.28. The number of rotatable bonds is 4. The molecule has 1 aliphatic rings. The minimum atomic E-state index is -4.37. The second-order valence-corrected chi connectivity index (χ2v) is 6.46. The number of phenols is 1. The molecule has 0 bridgehead atoms. The van der Waals surface area contributed by atoms with E-state index < -0.39 is 11.7 Å². The molecule has 2 N–H and O–H groups in total. The van der Waals surface area contributed by atoms with Gasteiger partial charge in [-0.2, -0.15) is 13.2 Å². The number of aryl methyl sites for hydroxylation is 1. The normalized spacial score (nSPS) is 15.1. The fourth-order valence-corrected chi connectivity index (χ4v) is 3.11. The Morgan fingerprint density at radius 1 is 1.07 bits per heavy atom. The number of halogens is 3. The van der Waals surface area contributed by atoms with Crippen molar-refractivity contribution in [3.63, 3.8) is 0 Å². The van der Waals surface area contributed by atoms with Gasteiger partial charge in [-0.15, -0.1) is 0 Å². The number of phenolic OH excluding ortho intramolecular Hbond substituents is 1. The van der Waals surface area contributed by atoms with Crippen molar-refractivity contribution in [1.82, 2.24) is 4.90 Å². The first-order chi connectivity index (χ1) is 12.8. The molecule has 144 valence electrons. The molecule has 0 spiro atoms. The molecule has 0 aliphatic carbocycles. The number of nitrogens with one attached hydrogen (secondary N) is 1. The molecule has 1 saturated heterocycles. The van der Waals surface area contributed by atoms with E-state index in [1.807, 2.05) is 11.0 Å². The van der Waals surface area contributed by atoms with Gasteiger partial charge in [-0.3, -0.25) is 9.69 Å². The van der Waals surface area contributed by atoms with Crippen LogP contribution in [-0.4, -0.2) is 42.1 Å². The van der Waals surface area contributed by atoms with Crippen LogP contribution >= 0.6 is 0 Å². The standard InChI is InChI=1S/C19H20F3N3O2/c20-19(21,22)15-6-7-17(23-13-15)24-9-11-25(12-10-24)18(27)8-5-14-3-1-2-4-16(14)26/h1-4,6-7,13,26H,5,8-12H2/p+1. The highest BCUT2D eigenvalue weighted by Gasteiger charge is 2.33. The van der Waals surface area contributed by atoms with Crippen LogP contribution in [0.2, 0.25) is 0 Å². The van der Waals surface area contributed by atoms with Crippen LogP contribution in [-0.2, 0) is 17.4 Å². The molecule has 0 unspecified atom stereocenters. The molecule has 1 fully saturated rings. The first-order valence-corrected chi connectivity index (χ1v) is 8.73. The quantitative estimate of drug-likeness (QED) is 0.887. The Morgan fingerprint density at radius 3 is 2.37 bits per heavy atom. The molecule has 1 amide bonds.